The van der Waals surface area contributed by atoms with Crippen molar-refractivity contribution in [3.8, 4) is 0 Å². The minimum Gasteiger partial charge on any atom is -0.432 e. The molecule has 2 aliphatic rings. The molecule has 1 fully saturated rings. The number of carbonyl (C=O) groups excluding carboxylic acids is 2. The molecule has 1 saturated heterocycles. The Labute approximate surface area is 296 Å². The van der Waals surface area contributed by atoms with E-state index < -0.39 is 48.4 Å². The van der Waals surface area contributed by atoms with Crippen LogP contribution in [0.2, 0.25) is 18.6 Å². The minimum atomic E-state index is -3.02. The van der Waals surface area contributed by atoms with Crippen LogP contribution in [0.5, 0.6) is 0 Å². The van der Waals surface area contributed by atoms with Crippen molar-refractivity contribution in [1.29, 1.82) is 0 Å². The quantitative estimate of drug-likeness (QED) is 0.0945. The van der Waals surface area contributed by atoms with Gasteiger partial charge >= 0.3 is 0 Å². The molecule has 2 aliphatic heterocycles. The summed E-state index contributed by atoms with van der Waals surface area (Å²) < 4.78 is 8.51. The average molecular weight is 715 g/mol. The maximum Gasteiger partial charge on any atom is 0.269 e. The SMILES string of the molecule is C[C@H](O)C(=O)Nc1ccc(CN2C(=O)[C@@]3(O[C@@H](CCn4cc(C(CO)c5ccccc5)nn4)[C@H]([Si](C)(C)O)[C@H]3C)c3cc([N+](=O)[O-])ccc32)cc1. The van der Waals surface area contributed by atoms with Crippen molar-refractivity contribution >= 4 is 37.2 Å². The van der Waals surface area contributed by atoms with Crippen molar-refractivity contribution in [3.05, 3.63) is 111 Å². The molecule has 14 nitrogen and oxygen atoms in total. The van der Waals surface area contributed by atoms with Crippen LogP contribution >= 0.6 is 0 Å². The van der Waals surface area contributed by atoms with E-state index in [0.717, 1.165) is 11.1 Å². The van der Waals surface area contributed by atoms with E-state index in [1.165, 1.54) is 19.1 Å². The minimum absolute atomic E-state index is 0.122. The number of aryl methyl sites for hydroxylation is 1. The summed E-state index contributed by atoms with van der Waals surface area (Å²) in [6, 6.07) is 20.7. The van der Waals surface area contributed by atoms with Crippen LogP contribution in [0.25, 0.3) is 0 Å². The van der Waals surface area contributed by atoms with E-state index in [0.29, 0.717) is 35.6 Å². The molecule has 1 aromatic heterocycles. The summed E-state index contributed by atoms with van der Waals surface area (Å²) in [5, 5.41) is 42.9. The summed E-state index contributed by atoms with van der Waals surface area (Å²) in [6.45, 7) is 7.20. The number of ether oxygens (including phenoxy) is 1. The summed E-state index contributed by atoms with van der Waals surface area (Å²) in [6.07, 6.45) is 0.391. The number of nitrogens with one attached hydrogen (secondary N) is 1. The van der Waals surface area contributed by atoms with E-state index in [1.54, 1.807) is 46.1 Å². The second-order valence-corrected chi connectivity index (χ2v) is 17.9. The normalized spacial score (nSPS) is 22.6. The summed E-state index contributed by atoms with van der Waals surface area (Å²) in [5.74, 6) is -1.81. The van der Waals surface area contributed by atoms with Crippen molar-refractivity contribution in [1.82, 2.24) is 15.0 Å². The van der Waals surface area contributed by atoms with Crippen molar-refractivity contribution in [3.63, 3.8) is 0 Å². The second-order valence-electron chi connectivity index (χ2n) is 13.9. The smallest absolute Gasteiger partial charge is 0.269 e. The molecule has 1 unspecified atom stereocenters. The first-order chi connectivity index (χ1) is 24.2. The fourth-order valence-corrected chi connectivity index (χ4v) is 10.2. The van der Waals surface area contributed by atoms with Crippen LogP contribution in [0.4, 0.5) is 17.1 Å². The van der Waals surface area contributed by atoms with Gasteiger partial charge in [-0.15, -0.1) is 5.10 Å². The number of non-ortho nitro benzene ring substituents is 1. The maximum atomic E-state index is 14.7. The fraction of sp³-hybridized carbons (Fsp3) is 0.389. The van der Waals surface area contributed by atoms with E-state index in [9.17, 15) is 34.7 Å². The molecule has 4 aromatic rings. The van der Waals surface area contributed by atoms with Crippen LogP contribution in [0.15, 0.2) is 79.0 Å². The van der Waals surface area contributed by atoms with E-state index in [1.807, 2.05) is 50.3 Å². The lowest BCUT2D eigenvalue weighted by Crippen LogP contribution is -2.46. The number of amides is 2. The summed E-state index contributed by atoms with van der Waals surface area (Å²) in [7, 11) is -3.02. The third kappa shape index (κ3) is 6.82. The number of carbonyl (C=O) groups is 2. The van der Waals surface area contributed by atoms with Crippen LogP contribution in [-0.4, -0.2) is 73.9 Å². The highest BCUT2D eigenvalue weighted by Crippen LogP contribution is 2.60. The molecule has 51 heavy (non-hydrogen) atoms. The van der Waals surface area contributed by atoms with Crippen molar-refractivity contribution in [2.24, 2.45) is 5.92 Å². The number of aromatic nitrogens is 3. The molecule has 2 amide bonds. The van der Waals surface area contributed by atoms with Gasteiger partial charge in [-0.25, -0.2) is 0 Å². The van der Waals surface area contributed by atoms with Crippen LogP contribution < -0.4 is 10.2 Å². The maximum absolute atomic E-state index is 14.7. The summed E-state index contributed by atoms with van der Waals surface area (Å²) in [5.41, 5.74) is 1.42. The number of nitrogens with zero attached hydrogens (tertiary/aromatic N) is 5. The van der Waals surface area contributed by atoms with Crippen molar-refractivity contribution in [2.75, 3.05) is 16.8 Å². The Morgan fingerprint density at radius 1 is 1.14 bits per heavy atom. The number of nitro groups is 1. The standard InChI is InChI=1S/C36H42N6O8Si/c1-22-33(51(3,4)49)32(16-17-40-20-30(38-39-40)28(21-43)25-8-6-5-7-9-25)50-36(22)29-18-27(42(47)48)14-15-31(29)41(35(36)46)19-24-10-12-26(13-11-24)37-34(45)23(2)44/h5-15,18,20,22-23,28,32-33,43-44,49H,16-17,19,21H2,1-4H3,(H,37,45)/t22-,23+,28?,32+,33-,36+/m1/s1. The number of hydrogen-bond donors (Lipinski definition) is 4. The highest BCUT2D eigenvalue weighted by Gasteiger charge is 2.66. The highest BCUT2D eigenvalue weighted by molar-refractivity contribution is 6.71. The largest absolute Gasteiger partial charge is 0.432 e. The molecular formula is C36H42N6O8Si. The summed E-state index contributed by atoms with van der Waals surface area (Å²) in [4.78, 5) is 51.3. The van der Waals surface area contributed by atoms with Gasteiger partial charge in [0.25, 0.3) is 17.5 Å². The van der Waals surface area contributed by atoms with Crippen LogP contribution in [0, 0.1) is 16.0 Å². The van der Waals surface area contributed by atoms with Gasteiger partial charge in [0.05, 0.1) is 41.5 Å². The van der Waals surface area contributed by atoms with E-state index in [4.69, 9.17) is 4.74 Å². The molecule has 15 heteroatoms. The van der Waals surface area contributed by atoms with Gasteiger partial charge in [-0.3, -0.25) is 24.4 Å². The Kier molecular flexibility index (Phi) is 9.94. The monoisotopic (exact) mass is 714 g/mol. The number of aliphatic hydroxyl groups excluding tert-OH is 2. The van der Waals surface area contributed by atoms with Gasteiger partial charge in [0.15, 0.2) is 13.9 Å². The lowest BCUT2D eigenvalue weighted by molar-refractivity contribution is -0.385. The molecular weight excluding hydrogens is 673 g/mol. The molecule has 1 spiro atoms. The van der Waals surface area contributed by atoms with Crippen LogP contribution in [0.3, 0.4) is 0 Å². The van der Waals surface area contributed by atoms with Gasteiger partial charge in [-0.2, -0.15) is 0 Å². The Morgan fingerprint density at radius 3 is 2.47 bits per heavy atom. The lowest BCUT2D eigenvalue weighted by Gasteiger charge is -2.32. The zero-order valence-electron chi connectivity index (χ0n) is 28.8. The molecule has 0 aliphatic carbocycles. The zero-order valence-corrected chi connectivity index (χ0v) is 29.8. The van der Waals surface area contributed by atoms with Crippen molar-refractivity contribution < 1.29 is 34.3 Å². The Hall–Kier alpha value is -4.80. The van der Waals surface area contributed by atoms with Gasteiger partial charge < -0.3 is 30.0 Å². The molecule has 0 saturated carbocycles. The third-order valence-electron chi connectivity index (χ3n) is 10.1. The Balaban J connectivity index is 1.30. The topological polar surface area (TPSA) is 193 Å². The first-order valence-electron chi connectivity index (χ1n) is 16.9. The van der Waals surface area contributed by atoms with E-state index in [-0.39, 0.29) is 30.7 Å². The number of benzene rings is 3. The molecule has 3 aromatic carbocycles. The number of aliphatic hydroxyl groups is 2. The van der Waals surface area contributed by atoms with Crippen LogP contribution in [0.1, 0.15) is 48.6 Å². The number of fused-ring (bicyclic) bond motifs is 2. The molecule has 6 atom stereocenters. The molecule has 0 bridgehead atoms. The number of nitro benzene ring substituents is 1. The second kappa shape index (κ2) is 14.1. The first-order valence-corrected chi connectivity index (χ1v) is 19.9. The molecule has 4 N–H and O–H groups in total. The number of hydrogen-bond acceptors (Lipinski definition) is 10. The Bertz CT molecular complexity index is 1910. The van der Waals surface area contributed by atoms with Gasteiger partial charge in [0.2, 0.25) is 0 Å². The molecule has 3 heterocycles. The molecule has 0 radical (unpaired) electrons. The van der Waals surface area contributed by atoms with Gasteiger partial charge in [0.1, 0.15) is 6.10 Å². The average Bonchev–Trinajstić information content (AvgIpc) is 3.75. The Morgan fingerprint density at radius 2 is 1.84 bits per heavy atom. The highest BCUT2D eigenvalue weighted by atomic mass is 28.4. The molecule has 268 valence electrons. The zero-order chi connectivity index (χ0) is 36.7. The first kappa shape index (κ1) is 36.0. The van der Waals surface area contributed by atoms with Crippen molar-refractivity contribution in [2.45, 2.75) is 75.7 Å². The van der Waals surface area contributed by atoms with Gasteiger partial charge in [0, 0.05) is 47.6 Å². The predicted octanol–water partition coefficient (Wildman–Crippen LogP) is 4.06. The molecule has 6 rings (SSSR count). The third-order valence-corrected chi connectivity index (χ3v) is 12.6. The number of rotatable bonds is 12. The lowest BCUT2D eigenvalue weighted by atomic mass is 9.82. The van der Waals surface area contributed by atoms with Gasteiger partial charge in [-0.1, -0.05) is 54.6 Å². The van der Waals surface area contributed by atoms with Crippen LogP contribution in [-0.2, 0) is 33.0 Å². The summed E-state index contributed by atoms with van der Waals surface area (Å²) >= 11 is 0. The van der Waals surface area contributed by atoms with Gasteiger partial charge in [-0.05, 0) is 55.8 Å². The van der Waals surface area contributed by atoms with E-state index >= 15 is 0 Å². The van der Waals surface area contributed by atoms with E-state index in [2.05, 4.69) is 15.6 Å². The number of anilines is 2. The fourth-order valence-electron chi connectivity index (χ4n) is 7.63. The predicted molar refractivity (Wildman–Crippen MR) is 190 cm³/mol.